The van der Waals surface area contributed by atoms with Gasteiger partial charge in [-0.3, -0.25) is 0 Å². The topological polar surface area (TPSA) is 26.0 Å². The Kier molecular flexibility index (Phi) is 2.96. The quantitative estimate of drug-likeness (QED) is 0.574. The van der Waals surface area contributed by atoms with Crippen molar-refractivity contribution >= 4 is 39.9 Å². The molecule has 0 aliphatic rings. The predicted molar refractivity (Wildman–Crippen MR) is 53.6 cm³/mol. The zero-order valence-electron chi connectivity index (χ0n) is 6.12. The normalized spacial score (nSPS) is 11.8. The van der Waals surface area contributed by atoms with Crippen molar-refractivity contribution in [1.82, 2.24) is 0 Å². The van der Waals surface area contributed by atoms with Crippen LogP contribution in [0.15, 0.2) is 12.1 Å². The second kappa shape index (κ2) is 3.53. The van der Waals surface area contributed by atoms with E-state index in [1.165, 1.54) is 22.6 Å². The van der Waals surface area contributed by atoms with Crippen LogP contribution in [0.2, 0.25) is 5.02 Å². The van der Waals surface area contributed by atoms with E-state index in [-0.39, 0.29) is 14.3 Å². The molecule has 0 aliphatic heterocycles. The SMILES string of the molecule is Nc1ccc(C(F)(F)F)c(I)c1Cl. The van der Waals surface area contributed by atoms with E-state index in [1.807, 2.05) is 0 Å². The molecule has 0 saturated carbocycles. The number of halogens is 5. The van der Waals surface area contributed by atoms with Gasteiger partial charge in [-0.2, -0.15) is 13.2 Å². The second-order valence-electron chi connectivity index (χ2n) is 2.33. The van der Waals surface area contributed by atoms with Crippen molar-refractivity contribution in [1.29, 1.82) is 0 Å². The van der Waals surface area contributed by atoms with Gasteiger partial charge in [0.05, 0.1) is 16.3 Å². The maximum absolute atomic E-state index is 12.3. The van der Waals surface area contributed by atoms with E-state index in [9.17, 15) is 13.2 Å². The fourth-order valence-electron chi connectivity index (χ4n) is 0.783. The summed E-state index contributed by atoms with van der Waals surface area (Å²) >= 11 is 7.08. The average Bonchev–Trinajstić information content (AvgIpc) is 1.98. The number of rotatable bonds is 0. The van der Waals surface area contributed by atoms with Crippen LogP contribution < -0.4 is 5.73 Å². The van der Waals surface area contributed by atoms with Crippen LogP contribution in [0.1, 0.15) is 5.56 Å². The third-order valence-electron chi connectivity index (χ3n) is 1.42. The summed E-state index contributed by atoms with van der Waals surface area (Å²) in [5, 5.41) is -0.0459. The zero-order valence-corrected chi connectivity index (χ0v) is 9.04. The highest BCUT2D eigenvalue weighted by atomic mass is 127. The van der Waals surface area contributed by atoms with Crippen LogP contribution in [-0.4, -0.2) is 0 Å². The molecule has 0 bridgehead atoms. The van der Waals surface area contributed by atoms with Gasteiger partial charge in [0.1, 0.15) is 0 Å². The van der Waals surface area contributed by atoms with Gasteiger partial charge < -0.3 is 5.73 Å². The third kappa shape index (κ3) is 2.19. The number of nitrogens with two attached hydrogens (primary N) is 1. The van der Waals surface area contributed by atoms with Gasteiger partial charge in [0, 0.05) is 3.57 Å². The minimum absolute atomic E-state index is 0.0459. The maximum atomic E-state index is 12.3. The fourth-order valence-corrected chi connectivity index (χ4v) is 1.75. The van der Waals surface area contributed by atoms with Crippen LogP contribution >= 0.6 is 34.2 Å². The minimum atomic E-state index is -4.38. The summed E-state index contributed by atoms with van der Waals surface area (Å²) in [6, 6.07) is 2.07. The Morgan fingerprint density at radius 3 is 2.31 bits per heavy atom. The Labute approximate surface area is 91.2 Å². The highest BCUT2D eigenvalue weighted by Crippen LogP contribution is 2.37. The Bertz CT molecular complexity index is 337. The van der Waals surface area contributed by atoms with Crippen molar-refractivity contribution in [3.63, 3.8) is 0 Å². The number of nitrogen functional groups attached to an aromatic ring is 1. The monoisotopic (exact) mass is 321 g/mol. The van der Waals surface area contributed by atoms with E-state index in [4.69, 9.17) is 17.3 Å². The molecule has 0 heterocycles. The Morgan fingerprint density at radius 2 is 1.85 bits per heavy atom. The average molecular weight is 321 g/mol. The first-order chi connectivity index (χ1) is 5.84. The summed E-state index contributed by atoms with van der Waals surface area (Å²) in [6.45, 7) is 0. The molecule has 0 saturated heterocycles. The number of anilines is 1. The van der Waals surface area contributed by atoms with Crippen LogP contribution in [0.3, 0.4) is 0 Å². The van der Waals surface area contributed by atoms with Crippen molar-refractivity contribution in [2.45, 2.75) is 6.18 Å². The molecule has 0 unspecified atom stereocenters. The molecule has 1 nitrogen and oxygen atoms in total. The lowest BCUT2D eigenvalue weighted by Gasteiger charge is -2.10. The molecule has 0 aliphatic carbocycles. The molecule has 0 atom stereocenters. The third-order valence-corrected chi connectivity index (χ3v) is 3.26. The molecule has 1 aromatic rings. The summed E-state index contributed by atoms with van der Waals surface area (Å²) in [4.78, 5) is 0. The van der Waals surface area contributed by atoms with Gasteiger partial charge in [0.2, 0.25) is 0 Å². The highest BCUT2D eigenvalue weighted by Gasteiger charge is 2.33. The largest absolute Gasteiger partial charge is 0.417 e. The highest BCUT2D eigenvalue weighted by molar-refractivity contribution is 14.1. The van der Waals surface area contributed by atoms with Crippen molar-refractivity contribution in [3.05, 3.63) is 26.3 Å². The molecule has 2 N–H and O–H groups in total. The number of hydrogen-bond donors (Lipinski definition) is 1. The van der Waals surface area contributed by atoms with Crippen LogP contribution in [-0.2, 0) is 6.18 Å². The molecule has 0 aromatic heterocycles. The van der Waals surface area contributed by atoms with Crippen molar-refractivity contribution < 1.29 is 13.2 Å². The van der Waals surface area contributed by atoms with Crippen LogP contribution in [0.25, 0.3) is 0 Å². The molecular weight excluding hydrogens is 317 g/mol. The first-order valence-electron chi connectivity index (χ1n) is 3.14. The number of alkyl halides is 3. The first-order valence-corrected chi connectivity index (χ1v) is 4.60. The van der Waals surface area contributed by atoms with Crippen LogP contribution in [0, 0.1) is 3.57 Å². The van der Waals surface area contributed by atoms with Gasteiger partial charge in [0.15, 0.2) is 0 Å². The van der Waals surface area contributed by atoms with Crippen molar-refractivity contribution in [2.75, 3.05) is 5.73 Å². The lowest BCUT2D eigenvalue weighted by Crippen LogP contribution is -2.08. The Balaban J connectivity index is 3.35. The number of hydrogen-bond acceptors (Lipinski definition) is 1. The van der Waals surface area contributed by atoms with E-state index < -0.39 is 11.7 Å². The molecule has 1 rings (SSSR count). The van der Waals surface area contributed by atoms with Gasteiger partial charge in [-0.05, 0) is 34.7 Å². The molecule has 72 valence electrons. The zero-order chi connectivity index (χ0) is 10.2. The number of benzene rings is 1. The standard InChI is InChI=1S/C7H4ClF3IN/c8-5-4(13)2-1-3(6(5)12)7(9,10)11/h1-2H,13H2. The van der Waals surface area contributed by atoms with E-state index in [1.54, 1.807) is 0 Å². The summed E-state index contributed by atoms with van der Waals surface area (Å²) in [5.74, 6) is 0. The van der Waals surface area contributed by atoms with Gasteiger partial charge in [-0.1, -0.05) is 11.6 Å². The molecule has 6 heteroatoms. The van der Waals surface area contributed by atoms with E-state index in [0.717, 1.165) is 12.1 Å². The van der Waals surface area contributed by atoms with Crippen LogP contribution in [0.5, 0.6) is 0 Å². The van der Waals surface area contributed by atoms with Gasteiger partial charge in [-0.25, -0.2) is 0 Å². The minimum Gasteiger partial charge on any atom is -0.397 e. The summed E-state index contributed by atoms with van der Waals surface area (Å²) in [5.41, 5.74) is 4.72. The predicted octanol–water partition coefficient (Wildman–Crippen LogP) is 3.55. The van der Waals surface area contributed by atoms with Crippen LogP contribution in [0.4, 0.5) is 18.9 Å². The van der Waals surface area contributed by atoms with Gasteiger partial charge in [-0.15, -0.1) is 0 Å². The Morgan fingerprint density at radius 1 is 1.31 bits per heavy atom. The summed E-state index contributed by atoms with van der Waals surface area (Å²) in [6.07, 6.45) is -4.38. The van der Waals surface area contributed by atoms with Crippen molar-refractivity contribution in [2.24, 2.45) is 0 Å². The maximum Gasteiger partial charge on any atom is 0.417 e. The lowest BCUT2D eigenvalue weighted by atomic mass is 10.2. The Hall–Kier alpha value is -0.170. The molecular formula is C7H4ClF3IN. The second-order valence-corrected chi connectivity index (χ2v) is 3.78. The summed E-state index contributed by atoms with van der Waals surface area (Å²) < 4.78 is 36.7. The molecule has 13 heavy (non-hydrogen) atoms. The van der Waals surface area contributed by atoms with Gasteiger partial charge in [0.25, 0.3) is 0 Å². The van der Waals surface area contributed by atoms with E-state index >= 15 is 0 Å². The van der Waals surface area contributed by atoms with Gasteiger partial charge >= 0.3 is 6.18 Å². The lowest BCUT2D eigenvalue weighted by molar-refractivity contribution is -0.138. The molecule has 0 fully saturated rings. The fraction of sp³-hybridized carbons (Fsp3) is 0.143. The summed E-state index contributed by atoms with van der Waals surface area (Å²) in [7, 11) is 0. The first kappa shape index (κ1) is 10.9. The van der Waals surface area contributed by atoms with E-state index in [0.29, 0.717) is 0 Å². The molecule has 0 spiro atoms. The van der Waals surface area contributed by atoms with E-state index in [2.05, 4.69) is 0 Å². The molecule has 0 radical (unpaired) electrons. The molecule has 1 aromatic carbocycles. The smallest absolute Gasteiger partial charge is 0.397 e. The molecule has 0 amide bonds. The van der Waals surface area contributed by atoms with Crippen molar-refractivity contribution in [3.8, 4) is 0 Å².